The van der Waals surface area contributed by atoms with Crippen molar-refractivity contribution in [3.63, 3.8) is 0 Å². The summed E-state index contributed by atoms with van der Waals surface area (Å²) in [4.78, 5) is 22.3. The number of hydrogen-bond acceptors (Lipinski definition) is 2. The molecule has 16 heavy (non-hydrogen) atoms. The predicted octanol–water partition coefficient (Wildman–Crippen LogP) is 2.02. The van der Waals surface area contributed by atoms with Gasteiger partial charge in [-0.25, -0.2) is 4.39 Å². The molecule has 0 fully saturated rings. The molecule has 0 heterocycles. The van der Waals surface area contributed by atoms with Crippen molar-refractivity contribution in [3.05, 3.63) is 34.6 Å². The van der Waals surface area contributed by atoms with Gasteiger partial charge in [0.25, 0.3) is 0 Å². The molecule has 0 unspecified atom stereocenters. The van der Waals surface area contributed by atoms with E-state index in [1.807, 2.05) is 0 Å². The minimum atomic E-state index is -0.594. The van der Waals surface area contributed by atoms with Gasteiger partial charge in [0.2, 0.25) is 5.91 Å². The van der Waals surface area contributed by atoms with E-state index in [0.717, 1.165) is 6.07 Å². The molecule has 0 atom stereocenters. The van der Waals surface area contributed by atoms with Gasteiger partial charge in [-0.2, -0.15) is 0 Å². The maximum Gasteiger partial charge on any atom is 0.235 e. The summed E-state index contributed by atoms with van der Waals surface area (Å²) in [5, 5.41) is 2.18. The van der Waals surface area contributed by atoms with Crippen LogP contribution in [-0.2, 0) is 4.79 Å². The summed E-state index contributed by atoms with van der Waals surface area (Å²) in [6.45, 7) is -0.187. The van der Waals surface area contributed by atoms with Crippen LogP contribution < -0.4 is 5.32 Å². The Morgan fingerprint density at radius 3 is 2.62 bits per heavy atom. The van der Waals surface area contributed by atoms with Crippen LogP contribution in [-0.4, -0.2) is 24.1 Å². The second-order valence-corrected chi connectivity index (χ2v) is 3.64. The molecule has 0 bridgehead atoms. The third kappa shape index (κ3) is 3.47. The maximum absolute atomic E-state index is 12.8. The Morgan fingerprint density at radius 1 is 1.38 bits per heavy atom. The van der Waals surface area contributed by atoms with Crippen LogP contribution in [0, 0.1) is 5.82 Å². The highest BCUT2D eigenvalue weighted by Crippen LogP contribution is 2.16. The van der Waals surface area contributed by atoms with Gasteiger partial charge < -0.3 is 5.32 Å². The van der Waals surface area contributed by atoms with E-state index in [9.17, 15) is 14.0 Å². The molecule has 0 aromatic heterocycles. The zero-order valence-corrected chi connectivity index (χ0v) is 9.61. The van der Waals surface area contributed by atoms with E-state index in [-0.39, 0.29) is 28.8 Å². The third-order valence-electron chi connectivity index (χ3n) is 1.81. The van der Waals surface area contributed by atoms with E-state index in [1.54, 1.807) is 0 Å². The molecule has 0 aliphatic carbocycles. The molecular formula is C10H8Cl2FNO2. The summed E-state index contributed by atoms with van der Waals surface area (Å²) in [7, 11) is 0. The lowest BCUT2D eigenvalue weighted by atomic mass is 10.1. The molecule has 0 aliphatic heterocycles. The fourth-order valence-corrected chi connectivity index (χ4v) is 1.27. The van der Waals surface area contributed by atoms with Crippen molar-refractivity contribution in [2.75, 3.05) is 12.4 Å². The number of carbonyl (C=O) groups is 2. The van der Waals surface area contributed by atoms with Crippen molar-refractivity contribution in [2.24, 2.45) is 0 Å². The van der Waals surface area contributed by atoms with Crippen LogP contribution in [0.5, 0.6) is 0 Å². The molecule has 1 amide bonds. The van der Waals surface area contributed by atoms with Gasteiger partial charge in [-0.3, -0.25) is 9.59 Å². The standard InChI is InChI=1S/C10H8Cl2FNO2/c11-4-10(16)14-5-9(15)6-1-2-8(13)7(12)3-6/h1-3H,4-5H2,(H,14,16). The van der Waals surface area contributed by atoms with Crippen LogP contribution in [0.2, 0.25) is 5.02 Å². The molecule has 1 N–H and O–H groups in total. The summed E-state index contributed by atoms with van der Waals surface area (Å²) in [5.41, 5.74) is 0.237. The molecule has 0 radical (unpaired) electrons. The molecular weight excluding hydrogens is 256 g/mol. The average Bonchev–Trinajstić information content (AvgIpc) is 2.29. The predicted molar refractivity (Wildman–Crippen MR) is 59.5 cm³/mol. The fourth-order valence-electron chi connectivity index (χ4n) is 0.998. The van der Waals surface area contributed by atoms with Crippen LogP contribution in [0.3, 0.4) is 0 Å². The van der Waals surface area contributed by atoms with Crippen LogP contribution in [0.15, 0.2) is 18.2 Å². The number of rotatable bonds is 4. The van der Waals surface area contributed by atoms with Gasteiger partial charge in [-0.15, -0.1) is 11.6 Å². The summed E-state index contributed by atoms with van der Waals surface area (Å²) in [6, 6.07) is 3.61. The molecule has 0 saturated carbocycles. The molecule has 3 nitrogen and oxygen atoms in total. The topological polar surface area (TPSA) is 46.2 Å². The van der Waals surface area contributed by atoms with Gasteiger partial charge in [0.05, 0.1) is 11.6 Å². The van der Waals surface area contributed by atoms with E-state index in [4.69, 9.17) is 23.2 Å². The summed E-state index contributed by atoms with van der Waals surface area (Å²) >= 11 is 10.7. The Bertz CT molecular complexity index is 423. The lowest BCUT2D eigenvalue weighted by molar-refractivity contribution is -0.118. The van der Waals surface area contributed by atoms with Gasteiger partial charge in [0.15, 0.2) is 5.78 Å². The van der Waals surface area contributed by atoms with Crippen molar-refractivity contribution in [1.82, 2.24) is 5.32 Å². The molecule has 6 heteroatoms. The van der Waals surface area contributed by atoms with Crippen molar-refractivity contribution in [3.8, 4) is 0 Å². The molecule has 0 aliphatic rings. The van der Waals surface area contributed by atoms with Crippen molar-refractivity contribution in [1.29, 1.82) is 0 Å². The number of Topliss-reactive ketones (excluding diaryl/α,β-unsaturated/α-hetero) is 1. The number of nitrogens with one attached hydrogen (secondary N) is 1. The number of alkyl halides is 1. The van der Waals surface area contributed by atoms with Crippen molar-refractivity contribution < 1.29 is 14.0 Å². The monoisotopic (exact) mass is 263 g/mol. The number of benzene rings is 1. The summed E-state index contributed by atoms with van der Waals surface area (Å²) in [6.07, 6.45) is 0. The molecule has 86 valence electrons. The second kappa shape index (κ2) is 5.82. The van der Waals surface area contributed by atoms with Crippen LogP contribution in [0.25, 0.3) is 0 Å². The molecule has 0 saturated heterocycles. The Kier molecular flexibility index (Phi) is 4.71. The first-order chi connectivity index (χ1) is 7.54. The Balaban J connectivity index is 2.66. The molecule has 1 aromatic carbocycles. The molecule has 0 spiro atoms. The molecule has 1 rings (SSSR count). The van der Waals surface area contributed by atoms with E-state index < -0.39 is 11.7 Å². The number of ketones is 1. The van der Waals surface area contributed by atoms with Gasteiger partial charge >= 0.3 is 0 Å². The lowest BCUT2D eigenvalue weighted by Crippen LogP contribution is -2.30. The SMILES string of the molecule is O=C(CCl)NCC(=O)c1ccc(F)c(Cl)c1. The first-order valence-corrected chi connectivity index (χ1v) is 5.26. The highest BCUT2D eigenvalue weighted by atomic mass is 35.5. The van der Waals surface area contributed by atoms with Gasteiger partial charge in [-0.1, -0.05) is 11.6 Å². The lowest BCUT2D eigenvalue weighted by Gasteiger charge is -2.03. The minimum Gasteiger partial charge on any atom is -0.348 e. The fraction of sp³-hybridized carbons (Fsp3) is 0.200. The van der Waals surface area contributed by atoms with Crippen LogP contribution in [0.4, 0.5) is 4.39 Å². The van der Waals surface area contributed by atoms with E-state index in [0.29, 0.717) is 0 Å². The van der Waals surface area contributed by atoms with Gasteiger partial charge in [0.1, 0.15) is 11.7 Å². The van der Waals surface area contributed by atoms with Gasteiger partial charge in [0, 0.05) is 5.56 Å². The molecule has 1 aromatic rings. The van der Waals surface area contributed by atoms with E-state index in [2.05, 4.69) is 5.32 Å². The van der Waals surface area contributed by atoms with Crippen molar-refractivity contribution >= 4 is 34.9 Å². The second-order valence-electron chi connectivity index (χ2n) is 2.96. The average molecular weight is 264 g/mol. The summed E-state index contributed by atoms with van der Waals surface area (Å²) in [5.74, 6) is -1.61. The minimum absolute atomic E-state index is 0.130. The van der Waals surface area contributed by atoms with Crippen molar-refractivity contribution in [2.45, 2.75) is 0 Å². The van der Waals surface area contributed by atoms with Gasteiger partial charge in [-0.05, 0) is 18.2 Å². The van der Waals surface area contributed by atoms with E-state index >= 15 is 0 Å². The highest BCUT2D eigenvalue weighted by Gasteiger charge is 2.09. The first-order valence-electron chi connectivity index (χ1n) is 4.35. The Hall–Kier alpha value is -1.13. The number of amides is 1. The number of hydrogen-bond donors (Lipinski definition) is 1. The zero-order chi connectivity index (χ0) is 12.1. The smallest absolute Gasteiger partial charge is 0.235 e. The van der Waals surface area contributed by atoms with E-state index in [1.165, 1.54) is 12.1 Å². The number of carbonyl (C=O) groups excluding carboxylic acids is 2. The van der Waals surface area contributed by atoms with Crippen LogP contribution in [0.1, 0.15) is 10.4 Å². The summed E-state index contributed by atoms with van der Waals surface area (Å²) < 4.78 is 12.8. The maximum atomic E-state index is 12.8. The third-order valence-corrected chi connectivity index (χ3v) is 2.34. The zero-order valence-electron chi connectivity index (χ0n) is 8.10. The quantitative estimate of drug-likeness (QED) is 0.668. The largest absolute Gasteiger partial charge is 0.348 e. The van der Waals surface area contributed by atoms with Crippen LogP contribution >= 0.6 is 23.2 Å². The number of halogens is 3. The Morgan fingerprint density at radius 2 is 2.06 bits per heavy atom. The Labute approximate surface area is 102 Å². The first kappa shape index (κ1) is 12.9. The highest BCUT2D eigenvalue weighted by molar-refractivity contribution is 6.31. The normalized spacial score (nSPS) is 9.94.